The van der Waals surface area contributed by atoms with Crippen molar-refractivity contribution in [2.45, 2.75) is 18.2 Å². The number of halogens is 1. The number of methoxy groups -OCH3 is 2. The van der Waals surface area contributed by atoms with E-state index >= 15 is 0 Å². The Kier molecular flexibility index (Phi) is 8.97. The Morgan fingerprint density at radius 2 is 1.69 bits per heavy atom. The summed E-state index contributed by atoms with van der Waals surface area (Å²) in [4.78, 5) is 12.7. The summed E-state index contributed by atoms with van der Waals surface area (Å²) < 4.78 is 44.6. The number of hydrogen-bond acceptors (Lipinski definition) is 6. The summed E-state index contributed by atoms with van der Waals surface area (Å²) in [7, 11) is -0.764. The van der Waals surface area contributed by atoms with Gasteiger partial charge in [0.05, 0.1) is 31.4 Å². The van der Waals surface area contributed by atoms with Crippen LogP contribution in [0.2, 0.25) is 5.02 Å². The van der Waals surface area contributed by atoms with Crippen molar-refractivity contribution < 1.29 is 27.4 Å². The van der Waals surface area contributed by atoms with Gasteiger partial charge < -0.3 is 19.5 Å². The minimum atomic E-state index is -3.85. The lowest BCUT2D eigenvalue weighted by atomic mass is 10.1. The van der Waals surface area contributed by atoms with Crippen LogP contribution in [0.25, 0.3) is 0 Å². The third kappa shape index (κ3) is 6.88. The smallest absolute Gasteiger partial charge is 0.255 e. The summed E-state index contributed by atoms with van der Waals surface area (Å²) in [5.41, 5.74) is 1.45. The molecule has 2 N–H and O–H groups in total. The number of rotatable bonds is 11. The average molecular weight is 519 g/mol. The van der Waals surface area contributed by atoms with E-state index in [4.69, 9.17) is 25.8 Å². The molecule has 0 saturated carbocycles. The lowest BCUT2D eigenvalue weighted by Gasteiger charge is -2.14. The van der Waals surface area contributed by atoms with E-state index in [1.54, 1.807) is 51.5 Å². The molecule has 0 saturated heterocycles. The number of anilines is 1. The van der Waals surface area contributed by atoms with E-state index in [1.165, 1.54) is 24.3 Å². The SMILES string of the molecule is CCOc1ccc(S(=O)(=O)NCCc2ccc(OC)c(OC)c2)cc1NC(=O)c1cccc(Cl)c1. The molecular formula is C25H27ClN2O6S. The molecule has 0 unspecified atom stereocenters. The molecule has 8 nitrogen and oxygen atoms in total. The molecule has 0 aliphatic carbocycles. The Balaban J connectivity index is 1.75. The first-order valence-corrected chi connectivity index (χ1v) is 12.7. The van der Waals surface area contributed by atoms with Crippen molar-refractivity contribution in [3.8, 4) is 17.2 Å². The highest BCUT2D eigenvalue weighted by molar-refractivity contribution is 7.89. The quantitative estimate of drug-likeness (QED) is 0.386. The van der Waals surface area contributed by atoms with Gasteiger partial charge in [0.2, 0.25) is 10.0 Å². The normalized spacial score (nSPS) is 11.1. The van der Waals surface area contributed by atoms with E-state index in [9.17, 15) is 13.2 Å². The second-order valence-electron chi connectivity index (χ2n) is 7.39. The van der Waals surface area contributed by atoms with Crippen LogP contribution in [0, 0.1) is 0 Å². The molecule has 3 aromatic carbocycles. The van der Waals surface area contributed by atoms with Crippen molar-refractivity contribution in [3.05, 3.63) is 76.8 Å². The molecule has 0 aliphatic heterocycles. The summed E-state index contributed by atoms with van der Waals surface area (Å²) in [6.45, 7) is 2.30. The Hall–Kier alpha value is -3.27. The largest absolute Gasteiger partial charge is 0.493 e. The van der Waals surface area contributed by atoms with E-state index in [2.05, 4.69) is 10.0 Å². The molecule has 0 fully saturated rings. The maximum absolute atomic E-state index is 12.9. The fourth-order valence-corrected chi connectivity index (χ4v) is 4.58. The maximum atomic E-state index is 12.9. The van der Waals surface area contributed by atoms with Crippen molar-refractivity contribution in [2.24, 2.45) is 0 Å². The molecule has 186 valence electrons. The lowest BCUT2D eigenvalue weighted by Crippen LogP contribution is -2.26. The molecule has 0 heterocycles. The Morgan fingerprint density at radius 1 is 0.943 bits per heavy atom. The number of sulfonamides is 1. The third-order valence-corrected chi connectivity index (χ3v) is 6.74. The first-order chi connectivity index (χ1) is 16.8. The van der Waals surface area contributed by atoms with Crippen LogP contribution in [0.4, 0.5) is 5.69 Å². The van der Waals surface area contributed by atoms with Crippen molar-refractivity contribution in [2.75, 3.05) is 32.7 Å². The minimum Gasteiger partial charge on any atom is -0.493 e. The molecule has 3 rings (SSSR count). The standard InChI is InChI=1S/C25H27ClN2O6S/c1-4-34-22-11-9-20(16-21(22)28-25(29)18-6-5-7-19(26)15-18)35(30,31)27-13-12-17-8-10-23(32-2)24(14-17)33-3/h5-11,14-16,27H,4,12-13H2,1-3H3,(H,28,29). The Morgan fingerprint density at radius 3 is 2.37 bits per heavy atom. The van der Waals surface area contributed by atoms with E-state index < -0.39 is 15.9 Å². The molecule has 0 aromatic heterocycles. The second-order valence-corrected chi connectivity index (χ2v) is 9.60. The highest BCUT2D eigenvalue weighted by atomic mass is 35.5. The van der Waals surface area contributed by atoms with Gasteiger partial charge in [-0.05, 0) is 67.4 Å². The monoisotopic (exact) mass is 518 g/mol. The van der Waals surface area contributed by atoms with Crippen LogP contribution in [0.3, 0.4) is 0 Å². The van der Waals surface area contributed by atoms with E-state index in [0.717, 1.165) is 5.56 Å². The molecule has 1 amide bonds. The minimum absolute atomic E-state index is 0.00495. The zero-order chi connectivity index (χ0) is 25.4. The number of benzene rings is 3. The van der Waals surface area contributed by atoms with Crippen molar-refractivity contribution in [3.63, 3.8) is 0 Å². The molecule has 0 spiro atoms. The first kappa shape index (κ1) is 26.3. The Labute approximate surface area is 210 Å². The topological polar surface area (TPSA) is 103 Å². The summed E-state index contributed by atoms with van der Waals surface area (Å²) in [6.07, 6.45) is 0.439. The van der Waals surface area contributed by atoms with Gasteiger partial charge in [-0.1, -0.05) is 23.7 Å². The maximum Gasteiger partial charge on any atom is 0.255 e. The first-order valence-electron chi connectivity index (χ1n) is 10.8. The summed E-state index contributed by atoms with van der Waals surface area (Å²) in [5, 5.41) is 3.13. The number of amides is 1. The van der Waals surface area contributed by atoms with Gasteiger partial charge in [-0.25, -0.2) is 13.1 Å². The lowest BCUT2D eigenvalue weighted by molar-refractivity contribution is 0.102. The van der Waals surface area contributed by atoms with Gasteiger partial charge in [0.25, 0.3) is 5.91 Å². The molecule has 0 radical (unpaired) electrons. The van der Waals surface area contributed by atoms with Gasteiger partial charge in [-0.15, -0.1) is 0 Å². The van der Waals surface area contributed by atoms with Crippen molar-refractivity contribution in [1.82, 2.24) is 4.72 Å². The molecule has 0 bridgehead atoms. The van der Waals surface area contributed by atoms with Crippen LogP contribution in [-0.2, 0) is 16.4 Å². The van der Waals surface area contributed by atoms with Crippen LogP contribution in [-0.4, -0.2) is 41.7 Å². The summed E-state index contributed by atoms with van der Waals surface area (Å²) in [5.74, 6) is 1.08. The number of nitrogens with one attached hydrogen (secondary N) is 2. The van der Waals surface area contributed by atoms with Crippen LogP contribution in [0.5, 0.6) is 17.2 Å². The van der Waals surface area contributed by atoms with E-state index in [0.29, 0.717) is 40.9 Å². The second kappa shape index (κ2) is 11.9. The highest BCUT2D eigenvalue weighted by Gasteiger charge is 2.18. The van der Waals surface area contributed by atoms with Crippen LogP contribution in [0.1, 0.15) is 22.8 Å². The van der Waals surface area contributed by atoms with E-state index in [-0.39, 0.29) is 17.1 Å². The van der Waals surface area contributed by atoms with Crippen LogP contribution < -0.4 is 24.2 Å². The van der Waals surface area contributed by atoms with Crippen molar-refractivity contribution in [1.29, 1.82) is 0 Å². The van der Waals surface area contributed by atoms with Gasteiger partial charge >= 0.3 is 0 Å². The van der Waals surface area contributed by atoms with Crippen molar-refractivity contribution >= 4 is 33.2 Å². The van der Waals surface area contributed by atoms with E-state index in [1.807, 2.05) is 6.07 Å². The summed E-state index contributed by atoms with van der Waals surface area (Å²) >= 11 is 5.98. The number of ether oxygens (including phenoxy) is 3. The zero-order valence-electron chi connectivity index (χ0n) is 19.6. The van der Waals surface area contributed by atoms with Gasteiger partial charge in [0.1, 0.15) is 5.75 Å². The van der Waals surface area contributed by atoms with Crippen LogP contribution in [0.15, 0.2) is 65.6 Å². The average Bonchev–Trinajstić information content (AvgIpc) is 2.84. The third-order valence-electron chi connectivity index (χ3n) is 5.05. The molecular weight excluding hydrogens is 492 g/mol. The molecule has 0 atom stereocenters. The Bertz CT molecular complexity index is 1300. The van der Waals surface area contributed by atoms with Crippen LogP contribution >= 0.6 is 11.6 Å². The highest BCUT2D eigenvalue weighted by Crippen LogP contribution is 2.29. The predicted molar refractivity (Wildman–Crippen MR) is 135 cm³/mol. The predicted octanol–water partition coefficient (Wildman–Crippen LogP) is 4.53. The van der Waals surface area contributed by atoms with Gasteiger partial charge in [0, 0.05) is 17.1 Å². The number of carbonyl (C=O) groups is 1. The fourth-order valence-electron chi connectivity index (χ4n) is 3.33. The molecule has 3 aromatic rings. The fraction of sp³-hybridized carbons (Fsp3) is 0.240. The zero-order valence-corrected chi connectivity index (χ0v) is 21.2. The summed E-state index contributed by atoms with van der Waals surface area (Å²) in [6, 6.07) is 16.2. The van der Waals surface area contributed by atoms with Gasteiger partial charge in [-0.2, -0.15) is 0 Å². The molecule has 10 heteroatoms. The van der Waals surface area contributed by atoms with Gasteiger partial charge in [-0.3, -0.25) is 4.79 Å². The van der Waals surface area contributed by atoms with Gasteiger partial charge in [0.15, 0.2) is 11.5 Å². The number of carbonyl (C=O) groups excluding carboxylic acids is 1. The number of hydrogen-bond donors (Lipinski definition) is 2. The molecule has 0 aliphatic rings. The molecule has 35 heavy (non-hydrogen) atoms.